The molecule has 0 spiro atoms. The van der Waals surface area contributed by atoms with Gasteiger partial charge in [0.15, 0.2) is 6.10 Å². The molecule has 57 heavy (non-hydrogen) atoms. The number of esters is 2. The fraction of sp³-hybridized carbons (Fsp3) is 0.816. The third-order valence-electron chi connectivity index (χ3n) is 10.5. The molecule has 0 radical (unpaired) electrons. The van der Waals surface area contributed by atoms with E-state index < -0.39 is 18.1 Å². The standard InChI is InChI=1S/C49H89NO7/c1-6-8-10-12-14-16-18-20-22-23-24-26-27-29-31-33-35-37-39-47(51)56-44-45(43-55-42-41-46(49(53)54)50(3,4)5)57-48(52)40-38-36-34-32-30-28-25-21-19-17-15-13-11-9-7-2/h15,17,21-23,25,45-46H,6-14,16,18-20,24,26-44H2,1-5H3/b17-15-,23-22-,25-21-. The molecule has 2 unspecified atom stereocenters. The van der Waals surface area contributed by atoms with Crippen molar-refractivity contribution in [2.75, 3.05) is 41.0 Å². The van der Waals surface area contributed by atoms with Crippen LogP contribution in [0.25, 0.3) is 0 Å². The minimum absolute atomic E-state index is 0.0348. The summed E-state index contributed by atoms with van der Waals surface area (Å²) < 4.78 is 17.2. The molecule has 8 nitrogen and oxygen atoms in total. The van der Waals surface area contributed by atoms with Crippen molar-refractivity contribution in [2.24, 2.45) is 0 Å². The first-order chi connectivity index (χ1) is 27.6. The van der Waals surface area contributed by atoms with Gasteiger partial charge >= 0.3 is 11.9 Å². The second kappa shape index (κ2) is 40.3. The Balaban J connectivity index is 4.32. The quantitative estimate of drug-likeness (QED) is 0.0262. The molecule has 0 amide bonds. The lowest BCUT2D eigenvalue weighted by Crippen LogP contribution is -2.55. The summed E-state index contributed by atoms with van der Waals surface area (Å²) in [6.45, 7) is 4.63. The summed E-state index contributed by atoms with van der Waals surface area (Å²) in [5.41, 5.74) is 0. The molecule has 0 fully saturated rings. The zero-order valence-electron chi connectivity index (χ0n) is 37.8. The van der Waals surface area contributed by atoms with Crippen LogP contribution in [-0.4, -0.2) is 75.5 Å². The van der Waals surface area contributed by atoms with Gasteiger partial charge in [-0.15, -0.1) is 0 Å². The van der Waals surface area contributed by atoms with Crippen LogP contribution >= 0.6 is 0 Å². The van der Waals surface area contributed by atoms with Crippen molar-refractivity contribution in [3.8, 4) is 0 Å². The van der Waals surface area contributed by atoms with Crippen LogP contribution in [-0.2, 0) is 28.6 Å². The highest BCUT2D eigenvalue weighted by atomic mass is 16.6. The molecular formula is C49H89NO7. The molecule has 0 aromatic rings. The second-order valence-electron chi connectivity index (χ2n) is 17.0. The van der Waals surface area contributed by atoms with Gasteiger partial charge in [-0.2, -0.15) is 0 Å². The monoisotopic (exact) mass is 804 g/mol. The van der Waals surface area contributed by atoms with Crippen LogP contribution in [0.3, 0.4) is 0 Å². The van der Waals surface area contributed by atoms with E-state index in [0.717, 1.165) is 64.2 Å². The number of hydrogen-bond donors (Lipinski definition) is 0. The fourth-order valence-electron chi connectivity index (χ4n) is 6.80. The topological polar surface area (TPSA) is 102 Å². The SMILES string of the molecule is CCCCC/C=C\C/C=C\CCCCCCCC(=O)OC(COCCC(C(=O)[O-])[N+](C)(C)C)COC(=O)CCCCCCCCC/C=C\CCCCCCCCC. The number of aliphatic carboxylic acids is 1. The summed E-state index contributed by atoms with van der Waals surface area (Å²) in [5, 5.41) is 11.6. The Bertz CT molecular complexity index is 1030. The van der Waals surface area contributed by atoms with Crippen LogP contribution in [0.2, 0.25) is 0 Å². The number of ether oxygens (including phenoxy) is 3. The first kappa shape index (κ1) is 54.6. The van der Waals surface area contributed by atoms with Crippen molar-refractivity contribution in [2.45, 2.75) is 219 Å². The molecule has 0 saturated heterocycles. The lowest BCUT2D eigenvalue weighted by molar-refractivity contribution is -0.889. The first-order valence-electron chi connectivity index (χ1n) is 23.5. The van der Waals surface area contributed by atoms with Gasteiger partial charge in [-0.25, -0.2) is 0 Å². The number of carboxylic acid groups (broad SMARTS) is 1. The van der Waals surface area contributed by atoms with E-state index in [2.05, 4.69) is 50.3 Å². The average molecular weight is 804 g/mol. The number of nitrogens with zero attached hydrogens (tertiary/aromatic N) is 1. The van der Waals surface area contributed by atoms with Crippen molar-refractivity contribution in [1.29, 1.82) is 0 Å². The molecule has 8 heteroatoms. The van der Waals surface area contributed by atoms with Gasteiger partial charge in [0.05, 0.1) is 40.3 Å². The zero-order chi connectivity index (χ0) is 42.1. The predicted octanol–water partition coefficient (Wildman–Crippen LogP) is 11.7. The molecule has 0 aliphatic rings. The normalized spacial score (nSPS) is 13.2. The Labute approximate surface area is 351 Å². The lowest BCUT2D eigenvalue weighted by Gasteiger charge is -2.34. The Kier molecular flexibility index (Phi) is 38.6. The number of allylic oxidation sites excluding steroid dienone is 6. The maximum atomic E-state index is 12.7. The van der Waals surface area contributed by atoms with E-state index in [4.69, 9.17) is 14.2 Å². The smallest absolute Gasteiger partial charge is 0.306 e. The highest BCUT2D eigenvalue weighted by Gasteiger charge is 2.25. The van der Waals surface area contributed by atoms with Crippen LogP contribution in [0.4, 0.5) is 0 Å². The van der Waals surface area contributed by atoms with Crippen molar-refractivity contribution in [1.82, 2.24) is 0 Å². The third kappa shape index (κ3) is 38.8. The molecule has 0 aliphatic heterocycles. The third-order valence-corrected chi connectivity index (χ3v) is 10.5. The largest absolute Gasteiger partial charge is 0.544 e. The molecule has 0 aromatic carbocycles. The van der Waals surface area contributed by atoms with Gasteiger partial charge in [-0.3, -0.25) is 9.59 Å². The molecule has 2 atom stereocenters. The van der Waals surface area contributed by atoms with Crippen LogP contribution in [0.1, 0.15) is 206 Å². The van der Waals surface area contributed by atoms with Gasteiger partial charge in [-0.1, -0.05) is 153 Å². The number of carboxylic acids is 1. The Morgan fingerprint density at radius 2 is 0.930 bits per heavy atom. The van der Waals surface area contributed by atoms with Crippen molar-refractivity contribution in [3.05, 3.63) is 36.5 Å². The van der Waals surface area contributed by atoms with E-state index >= 15 is 0 Å². The number of likely N-dealkylation sites (N-methyl/N-ethyl adjacent to an activating group) is 1. The number of carbonyl (C=O) groups excluding carboxylic acids is 3. The van der Waals surface area contributed by atoms with Gasteiger partial charge in [0.2, 0.25) is 0 Å². The van der Waals surface area contributed by atoms with Crippen LogP contribution < -0.4 is 5.11 Å². The minimum atomic E-state index is -1.13. The summed E-state index contributed by atoms with van der Waals surface area (Å²) in [6.07, 6.45) is 45.9. The van der Waals surface area contributed by atoms with E-state index in [1.54, 1.807) is 21.1 Å². The highest BCUT2D eigenvalue weighted by Crippen LogP contribution is 2.14. The van der Waals surface area contributed by atoms with E-state index in [9.17, 15) is 19.5 Å². The molecule has 0 aliphatic carbocycles. The summed E-state index contributed by atoms with van der Waals surface area (Å²) in [6, 6.07) is -0.728. The van der Waals surface area contributed by atoms with Crippen molar-refractivity contribution in [3.63, 3.8) is 0 Å². The molecule has 0 bridgehead atoms. The Morgan fingerprint density at radius 1 is 0.526 bits per heavy atom. The van der Waals surface area contributed by atoms with E-state index in [1.165, 1.54) is 109 Å². The fourth-order valence-corrected chi connectivity index (χ4v) is 6.80. The molecule has 0 heterocycles. The minimum Gasteiger partial charge on any atom is -0.544 e. The predicted molar refractivity (Wildman–Crippen MR) is 236 cm³/mol. The molecule has 0 saturated carbocycles. The number of hydrogen-bond acceptors (Lipinski definition) is 7. The average Bonchev–Trinajstić information content (AvgIpc) is 3.17. The lowest BCUT2D eigenvalue weighted by atomic mass is 10.1. The van der Waals surface area contributed by atoms with Gasteiger partial charge in [0.1, 0.15) is 12.6 Å². The number of unbranched alkanes of at least 4 members (excludes halogenated alkanes) is 22. The molecule has 0 rings (SSSR count). The molecule has 332 valence electrons. The maximum Gasteiger partial charge on any atom is 0.306 e. The van der Waals surface area contributed by atoms with Gasteiger partial charge in [0, 0.05) is 19.3 Å². The van der Waals surface area contributed by atoms with E-state index in [-0.39, 0.29) is 42.7 Å². The number of rotatable bonds is 42. The Morgan fingerprint density at radius 3 is 1.40 bits per heavy atom. The molecular weight excluding hydrogens is 715 g/mol. The number of carbonyl (C=O) groups is 3. The highest BCUT2D eigenvalue weighted by molar-refractivity contribution is 5.70. The van der Waals surface area contributed by atoms with Crippen molar-refractivity contribution >= 4 is 17.9 Å². The van der Waals surface area contributed by atoms with Gasteiger partial charge in [-0.05, 0) is 70.6 Å². The van der Waals surface area contributed by atoms with Gasteiger partial charge < -0.3 is 28.6 Å². The van der Waals surface area contributed by atoms with Crippen LogP contribution in [0.15, 0.2) is 36.5 Å². The molecule has 0 N–H and O–H groups in total. The van der Waals surface area contributed by atoms with Crippen molar-refractivity contribution < 1.29 is 38.2 Å². The van der Waals surface area contributed by atoms with Gasteiger partial charge in [0.25, 0.3) is 0 Å². The zero-order valence-corrected chi connectivity index (χ0v) is 37.8. The maximum absolute atomic E-state index is 12.7. The summed E-state index contributed by atoms with van der Waals surface area (Å²) >= 11 is 0. The van der Waals surface area contributed by atoms with E-state index in [0.29, 0.717) is 12.8 Å². The summed E-state index contributed by atoms with van der Waals surface area (Å²) in [4.78, 5) is 36.9. The number of quaternary nitrogens is 1. The van der Waals surface area contributed by atoms with Crippen LogP contribution in [0.5, 0.6) is 0 Å². The van der Waals surface area contributed by atoms with E-state index in [1.807, 2.05) is 0 Å². The molecule has 0 aromatic heterocycles. The second-order valence-corrected chi connectivity index (χ2v) is 17.0. The summed E-state index contributed by atoms with van der Waals surface area (Å²) in [7, 11) is 5.40. The Hall–Kier alpha value is -2.45. The summed E-state index contributed by atoms with van der Waals surface area (Å²) in [5.74, 6) is -1.75. The van der Waals surface area contributed by atoms with Crippen LogP contribution in [0, 0.1) is 0 Å². The first-order valence-corrected chi connectivity index (χ1v) is 23.5.